The maximum Gasteiger partial charge on any atom is 0.108 e. The minimum absolute atomic E-state index is 0.975. The van der Waals surface area contributed by atoms with Crippen molar-refractivity contribution in [3.05, 3.63) is 0 Å². The minimum Gasteiger partial charge on any atom is -0.321 e. The first kappa shape index (κ1) is 6.49. The molecule has 0 aromatic heterocycles. The first-order valence-electron chi connectivity index (χ1n) is 1.71. The van der Waals surface area contributed by atoms with Crippen molar-refractivity contribution in [1.82, 2.24) is 4.72 Å². The van der Waals surface area contributed by atoms with Gasteiger partial charge in [-0.1, -0.05) is 11.9 Å². The zero-order valence-electron chi connectivity index (χ0n) is 4.01. The van der Waals surface area contributed by atoms with Gasteiger partial charge in [0.25, 0.3) is 0 Å². The minimum atomic E-state index is 0.975. The van der Waals surface area contributed by atoms with Gasteiger partial charge in [-0.05, 0) is 0 Å². The van der Waals surface area contributed by atoms with E-state index in [1.807, 2.05) is 6.26 Å². The summed E-state index contributed by atoms with van der Waals surface area (Å²) in [6.07, 6.45) is 4.32. The normalized spacial score (nSPS) is 9.29. The van der Waals surface area contributed by atoms with Crippen molar-refractivity contribution in [3.63, 3.8) is 0 Å². The first-order valence-corrected chi connectivity index (χ1v) is 2.93. The molecule has 0 aliphatic rings. The summed E-state index contributed by atoms with van der Waals surface area (Å²) in [6, 6.07) is 0. The lowest BCUT2D eigenvalue weighted by molar-refractivity contribution is 1.49. The number of nitrogens with one attached hydrogen (secondary N) is 2. The lowest BCUT2D eigenvalue weighted by atomic mass is 11.2. The molecule has 4 heteroatoms. The molecule has 0 radical (unpaired) electrons. The molecule has 2 N–H and O–H groups in total. The van der Waals surface area contributed by atoms with Crippen LogP contribution < -0.4 is 4.72 Å². The third kappa shape index (κ3) is 5.49. The van der Waals surface area contributed by atoms with Gasteiger partial charge in [-0.3, -0.25) is 5.41 Å². The molecule has 0 heterocycles. The van der Waals surface area contributed by atoms with Gasteiger partial charge >= 0.3 is 0 Å². The van der Waals surface area contributed by atoms with Crippen LogP contribution in [0.5, 0.6) is 0 Å². The molecule has 0 unspecified atom stereocenters. The monoisotopic (exact) mass is 117 g/mol. The summed E-state index contributed by atoms with van der Waals surface area (Å²) >= 11 is 1.44. The maximum absolute atomic E-state index is 6.41. The molecule has 0 amide bonds. The molecule has 40 valence electrons. The molecule has 0 aliphatic carbocycles. The van der Waals surface area contributed by atoms with Crippen LogP contribution in [0.15, 0.2) is 4.99 Å². The summed E-state index contributed by atoms with van der Waals surface area (Å²) in [5.41, 5.74) is 0. The first-order chi connectivity index (χ1) is 3.41. The van der Waals surface area contributed by atoms with E-state index in [-0.39, 0.29) is 0 Å². The van der Waals surface area contributed by atoms with E-state index in [1.54, 1.807) is 0 Å². The fourth-order valence-corrected chi connectivity index (χ4v) is 0.287. The Balaban J connectivity index is 2.92. The van der Waals surface area contributed by atoms with E-state index in [2.05, 4.69) is 9.71 Å². The summed E-state index contributed by atoms with van der Waals surface area (Å²) in [5, 5.41) is 6.41. The highest BCUT2D eigenvalue weighted by atomic mass is 32.2. The van der Waals surface area contributed by atoms with Crippen LogP contribution >= 0.6 is 11.9 Å². The van der Waals surface area contributed by atoms with E-state index in [1.165, 1.54) is 18.3 Å². The Kier molecular flexibility index (Phi) is 5.09. The van der Waals surface area contributed by atoms with Crippen LogP contribution in [0.4, 0.5) is 0 Å². The highest BCUT2D eigenvalue weighted by Crippen LogP contribution is 1.73. The van der Waals surface area contributed by atoms with E-state index < -0.39 is 0 Å². The molecule has 0 aromatic carbocycles. The smallest absolute Gasteiger partial charge is 0.108 e. The van der Waals surface area contributed by atoms with Crippen LogP contribution in [0.1, 0.15) is 0 Å². The highest BCUT2D eigenvalue weighted by molar-refractivity contribution is 7.97. The molecule has 0 rings (SSSR count). The second-order valence-corrected chi connectivity index (χ2v) is 1.37. The molecule has 0 spiro atoms. The van der Waals surface area contributed by atoms with Crippen molar-refractivity contribution in [2.45, 2.75) is 0 Å². The molecule has 0 saturated carbocycles. The Morgan fingerprint density at radius 2 is 2.57 bits per heavy atom. The van der Waals surface area contributed by atoms with Gasteiger partial charge in [0.1, 0.15) is 6.34 Å². The Hall–Kier alpha value is -0.510. The molecule has 0 atom stereocenters. The second kappa shape index (κ2) is 5.49. The SMILES string of the molecule is CSNC=NC=N. The Labute approximate surface area is 46.9 Å². The standard InChI is InChI=1S/C3H7N3S/c1-7-6-3-5-2-4/h2-3H,1H3,(H2,4,5,6). The Morgan fingerprint density at radius 3 is 3.00 bits per heavy atom. The predicted octanol–water partition coefficient (Wildman–Crippen LogP) is 0.489. The van der Waals surface area contributed by atoms with E-state index in [4.69, 9.17) is 5.41 Å². The van der Waals surface area contributed by atoms with Gasteiger partial charge in [0.05, 0.1) is 6.34 Å². The quantitative estimate of drug-likeness (QED) is 0.321. The molecule has 0 aliphatic heterocycles. The third-order valence-electron chi connectivity index (χ3n) is 0.320. The van der Waals surface area contributed by atoms with Gasteiger partial charge in [-0.25, -0.2) is 4.99 Å². The van der Waals surface area contributed by atoms with Gasteiger partial charge in [0.2, 0.25) is 0 Å². The van der Waals surface area contributed by atoms with Crippen molar-refractivity contribution in [1.29, 1.82) is 5.41 Å². The van der Waals surface area contributed by atoms with Crippen molar-refractivity contribution in [2.75, 3.05) is 6.26 Å². The van der Waals surface area contributed by atoms with Gasteiger partial charge in [-0.15, -0.1) is 0 Å². The van der Waals surface area contributed by atoms with E-state index >= 15 is 0 Å². The molecule has 0 fully saturated rings. The Bertz CT molecular complexity index is 70.6. The predicted molar refractivity (Wildman–Crippen MR) is 33.9 cm³/mol. The number of hydrogen-bond acceptors (Lipinski definition) is 2. The summed E-state index contributed by atoms with van der Waals surface area (Å²) in [5.74, 6) is 0. The fraction of sp³-hybridized carbons (Fsp3) is 0.333. The summed E-state index contributed by atoms with van der Waals surface area (Å²) in [6.45, 7) is 0. The van der Waals surface area contributed by atoms with Crippen LogP contribution in [0.2, 0.25) is 0 Å². The number of hydrogen-bond donors (Lipinski definition) is 2. The lowest BCUT2D eigenvalue weighted by Gasteiger charge is -1.83. The van der Waals surface area contributed by atoms with Gasteiger partial charge < -0.3 is 4.72 Å². The van der Waals surface area contributed by atoms with Crippen LogP contribution in [-0.4, -0.2) is 18.9 Å². The topological polar surface area (TPSA) is 48.2 Å². The van der Waals surface area contributed by atoms with Crippen molar-refractivity contribution in [3.8, 4) is 0 Å². The van der Waals surface area contributed by atoms with Crippen LogP contribution in [0.25, 0.3) is 0 Å². The number of aliphatic imine (C=N–C) groups is 1. The fourth-order valence-electron chi connectivity index (χ4n) is 0.120. The average molecular weight is 117 g/mol. The number of nitrogens with zero attached hydrogens (tertiary/aromatic N) is 1. The molecular weight excluding hydrogens is 110 g/mol. The van der Waals surface area contributed by atoms with Crippen molar-refractivity contribution in [2.24, 2.45) is 4.99 Å². The van der Waals surface area contributed by atoms with Crippen molar-refractivity contribution >= 4 is 24.6 Å². The molecular formula is C3H7N3S. The highest BCUT2D eigenvalue weighted by Gasteiger charge is 1.61. The van der Waals surface area contributed by atoms with Crippen LogP contribution in [0.3, 0.4) is 0 Å². The molecule has 0 bridgehead atoms. The second-order valence-electron chi connectivity index (χ2n) is 0.729. The Morgan fingerprint density at radius 1 is 1.86 bits per heavy atom. The molecule has 7 heavy (non-hydrogen) atoms. The van der Waals surface area contributed by atoms with Crippen LogP contribution in [-0.2, 0) is 0 Å². The van der Waals surface area contributed by atoms with Crippen LogP contribution in [0, 0.1) is 5.41 Å². The third-order valence-corrected chi connectivity index (χ3v) is 0.661. The maximum atomic E-state index is 6.41. The van der Waals surface area contributed by atoms with E-state index in [0.29, 0.717) is 0 Å². The molecule has 0 saturated heterocycles. The number of rotatable bonds is 3. The van der Waals surface area contributed by atoms with Crippen molar-refractivity contribution < 1.29 is 0 Å². The molecule has 0 aromatic rings. The average Bonchev–Trinajstić information content (AvgIpc) is 1.69. The van der Waals surface area contributed by atoms with Gasteiger partial charge in [-0.2, -0.15) is 0 Å². The lowest BCUT2D eigenvalue weighted by Crippen LogP contribution is -1.95. The van der Waals surface area contributed by atoms with Gasteiger partial charge in [0, 0.05) is 6.26 Å². The van der Waals surface area contributed by atoms with Gasteiger partial charge in [0.15, 0.2) is 0 Å². The summed E-state index contributed by atoms with van der Waals surface area (Å²) < 4.78 is 2.72. The van der Waals surface area contributed by atoms with E-state index in [0.717, 1.165) is 6.34 Å². The zero-order valence-corrected chi connectivity index (χ0v) is 4.83. The summed E-state index contributed by atoms with van der Waals surface area (Å²) in [7, 11) is 0. The van der Waals surface area contributed by atoms with E-state index in [9.17, 15) is 0 Å². The largest absolute Gasteiger partial charge is 0.321 e. The molecule has 3 nitrogen and oxygen atoms in total. The zero-order chi connectivity index (χ0) is 5.54. The summed E-state index contributed by atoms with van der Waals surface area (Å²) in [4.78, 5) is 3.45.